The van der Waals surface area contributed by atoms with Crippen LogP contribution in [0.2, 0.25) is 0 Å². The summed E-state index contributed by atoms with van der Waals surface area (Å²) in [4.78, 5) is 15.4. The van der Waals surface area contributed by atoms with Crippen molar-refractivity contribution >= 4 is 11.7 Å². The van der Waals surface area contributed by atoms with Crippen LogP contribution in [0.3, 0.4) is 0 Å². The van der Waals surface area contributed by atoms with Crippen LogP contribution in [-0.2, 0) is 0 Å². The summed E-state index contributed by atoms with van der Waals surface area (Å²) in [5.74, 6) is 0.871. The molecule has 1 unspecified atom stereocenters. The van der Waals surface area contributed by atoms with Gasteiger partial charge in [0.2, 0.25) is 0 Å². The van der Waals surface area contributed by atoms with Gasteiger partial charge in [-0.25, -0.2) is 4.98 Å². The molecule has 0 saturated carbocycles. The van der Waals surface area contributed by atoms with Gasteiger partial charge in [0.15, 0.2) is 0 Å². The van der Waals surface area contributed by atoms with E-state index in [1.54, 1.807) is 18.3 Å². The maximum atomic E-state index is 11.2. The minimum atomic E-state index is -0.444. The summed E-state index contributed by atoms with van der Waals surface area (Å²) in [6, 6.07) is 3.70. The minimum absolute atomic E-state index is 0.289. The molecule has 100 valence electrons. The van der Waals surface area contributed by atoms with Gasteiger partial charge in [-0.05, 0) is 31.4 Å². The van der Waals surface area contributed by atoms with E-state index in [4.69, 9.17) is 5.73 Å². The first-order valence-corrected chi connectivity index (χ1v) is 6.52. The molecule has 0 fully saturated rings. The first kappa shape index (κ1) is 14.5. The molecule has 4 heteroatoms. The zero-order chi connectivity index (χ0) is 13.5. The number of hydrogen-bond donors (Lipinski definition) is 2. The first-order valence-electron chi connectivity index (χ1n) is 6.52. The Morgan fingerprint density at radius 2 is 2.11 bits per heavy atom. The normalized spacial score (nSPS) is 12.4. The molecule has 1 aromatic heterocycles. The van der Waals surface area contributed by atoms with Crippen LogP contribution in [0, 0.1) is 5.92 Å². The van der Waals surface area contributed by atoms with Crippen LogP contribution in [0.15, 0.2) is 18.3 Å². The van der Waals surface area contributed by atoms with E-state index in [0.29, 0.717) is 11.4 Å². The zero-order valence-corrected chi connectivity index (χ0v) is 11.4. The van der Waals surface area contributed by atoms with E-state index in [2.05, 4.69) is 31.1 Å². The number of aromatic nitrogens is 1. The van der Waals surface area contributed by atoms with E-state index >= 15 is 0 Å². The summed E-state index contributed by atoms with van der Waals surface area (Å²) in [6.07, 6.45) is 5.12. The van der Waals surface area contributed by atoms with Gasteiger partial charge < -0.3 is 11.1 Å². The summed E-state index contributed by atoms with van der Waals surface area (Å²) in [6.45, 7) is 6.55. The van der Waals surface area contributed by atoms with E-state index in [-0.39, 0.29) is 6.04 Å². The van der Waals surface area contributed by atoms with Gasteiger partial charge >= 0.3 is 0 Å². The minimum Gasteiger partial charge on any atom is -0.367 e. The molecule has 4 nitrogen and oxygen atoms in total. The maximum absolute atomic E-state index is 11.2. The summed E-state index contributed by atoms with van der Waals surface area (Å²) in [5, 5.41) is 3.25. The second-order valence-corrected chi connectivity index (χ2v) is 5.13. The van der Waals surface area contributed by atoms with Gasteiger partial charge in [-0.1, -0.05) is 26.7 Å². The Morgan fingerprint density at radius 3 is 2.72 bits per heavy atom. The van der Waals surface area contributed by atoms with Crippen molar-refractivity contribution < 1.29 is 4.79 Å². The van der Waals surface area contributed by atoms with Crippen molar-refractivity contribution in [3.05, 3.63) is 23.9 Å². The molecule has 1 rings (SSSR count). The highest BCUT2D eigenvalue weighted by atomic mass is 16.1. The third-order valence-corrected chi connectivity index (χ3v) is 2.87. The van der Waals surface area contributed by atoms with Crippen molar-refractivity contribution in [2.75, 3.05) is 5.32 Å². The molecule has 1 amide bonds. The number of carbonyl (C=O) groups excluding carboxylic acids is 1. The SMILES string of the molecule is CC(C)CCCC(C)Nc1ncccc1C(N)=O. The lowest BCUT2D eigenvalue weighted by Crippen LogP contribution is -2.21. The van der Waals surface area contributed by atoms with Crippen LogP contribution in [0.1, 0.15) is 50.4 Å². The van der Waals surface area contributed by atoms with Crippen LogP contribution in [0.25, 0.3) is 0 Å². The fraction of sp³-hybridized carbons (Fsp3) is 0.571. The Labute approximate surface area is 109 Å². The molecule has 1 atom stereocenters. The highest BCUT2D eigenvalue weighted by molar-refractivity contribution is 5.97. The van der Waals surface area contributed by atoms with Crippen LogP contribution in [0.5, 0.6) is 0 Å². The van der Waals surface area contributed by atoms with E-state index < -0.39 is 5.91 Å². The van der Waals surface area contributed by atoms with Gasteiger partial charge in [-0.15, -0.1) is 0 Å². The molecule has 0 aliphatic carbocycles. The predicted octanol–water partition coefficient (Wildman–Crippen LogP) is 2.81. The zero-order valence-electron chi connectivity index (χ0n) is 11.4. The molecule has 0 spiro atoms. The summed E-state index contributed by atoms with van der Waals surface area (Å²) >= 11 is 0. The average Bonchev–Trinajstić information content (AvgIpc) is 2.28. The Kier molecular flexibility index (Phi) is 5.62. The number of rotatable bonds is 7. The van der Waals surface area contributed by atoms with Gasteiger partial charge in [0.25, 0.3) is 5.91 Å². The molecule has 0 saturated heterocycles. The topological polar surface area (TPSA) is 68.0 Å². The van der Waals surface area contributed by atoms with Gasteiger partial charge in [0, 0.05) is 12.2 Å². The van der Waals surface area contributed by atoms with E-state index in [9.17, 15) is 4.79 Å². The van der Waals surface area contributed by atoms with Crippen molar-refractivity contribution in [3.63, 3.8) is 0 Å². The lowest BCUT2D eigenvalue weighted by molar-refractivity contribution is 0.100. The molecular formula is C14H23N3O. The number of hydrogen-bond acceptors (Lipinski definition) is 3. The lowest BCUT2D eigenvalue weighted by atomic mass is 10.0. The molecular weight excluding hydrogens is 226 g/mol. The molecule has 0 aliphatic rings. The highest BCUT2D eigenvalue weighted by Crippen LogP contribution is 2.15. The summed E-state index contributed by atoms with van der Waals surface area (Å²) < 4.78 is 0. The van der Waals surface area contributed by atoms with Gasteiger partial charge in [0.1, 0.15) is 5.82 Å². The monoisotopic (exact) mass is 249 g/mol. The fourth-order valence-electron chi connectivity index (χ4n) is 1.86. The molecule has 0 aromatic carbocycles. The number of primary amides is 1. The van der Waals surface area contributed by atoms with E-state index in [1.807, 2.05) is 0 Å². The number of nitrogens with two attached hydrogens (primary N) is 1. The molecule has 3 N–H and O–H groups in total. The molecule has 0 bridgehead atoms. The van der Waals surface area contributed by atoms with Crippen molar-refractivity contribution in [2.24, 2.45) is 11.7 Å². The quantitative estimate of drug-likeness (QED) is 0.780. The third-order valence-electron chi connectivity index (χ3n) is 2.87. The summed E-state index contributed by atoms with van der Waals surface area (Å²) in [7, 11) is 0. The second-order valence-electron chi connectivity index (χ2n) is 5.13. The van der Waals surface area contributed by atoms with Gasteiger partial charge in [-0.3, -0.25) is 4.79 Å². The molecule has 1 heterocycles. The third kappa shape index (κ3) is 4.73. The second kappa shape index (κ2) is 6.99. The Hall–Kier alpha value is -1.58. The highest BCUT2D eigenvalue weighted by Gasteiger charge is 2.11. The number of amides is 1. The van der Waals surface area contributed by atoms with Crippen LogP contribution in [-0.4, -0.2) is 16.9 Å². The fourth-order valence-corrected chi connectivity index (χ4v) is 1.86. The first-order chi connectivity index (χ1) is 8.50. The number of nitrogens with zero attached hydrogens (tertiary/aromatic N) is 1. The molecule has 0 aliphatic heterocycles. The predicted molar refractivity (Wildman–Crippen MR) is 74.5 cm³/mol. The van der Waals surface area contributed by atoms with Crippen molar-refractivity contribution in [2.45, 2.75) is 46.1 Å². The van der Waals surface area contributed by atoms with E-state index in [1.165, 1.54) is 12.8 Å². The molecule has 0 radical (unpaired) electrons. The largest absolute Gasteiger partial charge is 0.367 e. The Balaban J connectivity index is 2.53. The Bertz CT molecular complexity index is 390. The number of anilines is 1. The number of pyridine rings is 1. The van der Waals surface area contributed by atoms with E-state index in [0.717, 1.165) is 12.3 Å². The maximum Gasteiger partial charge on any atom is 0.252 e. The van der Waals surface area contributed by atoms with Crippen LogP contribution in [0.4, 0.5) is 5.82 Å². The van der Waals surface area contributed by atoms with Crippen molar-refractivity contribution in [1.29, 1.82) is 0 Å². The molecule has 18 heavy (non-hydrogen) atoms. The van der Waals surface area contributed by atoms with Crippen LogP contribution < -0.4 is 11.1 Å². The van der Waals surface area contributed by atoms with Crippen molar-refractivity contribution in [3.8, 4) is 0 Å². The molecule has 1 aromatic rings. The standard InChI is InChI=1S/C14H23N3O/c1-10(2)6-4-7-11(3)17-14-12(13(15)18)8-5-9-16-14/h5,8-11H,4,6-7H2,1-3H3,(H2,15,18)(H,16,17). The van der Waals surface area contributed by atoms with Gasteiger partial charge in [-0.2, -0.15) is 0 Å². The number of nitrogens with one attached hydrogen (secondary N) is 1. The van der Waals surface area contributed by atoms with Crippen LogP contribution >= 0.6 is 0 Å². The van der Waals surface area contributed by atoms with Gasteiger partial charge in [0.05, 0.1) is 5.56 Å². The van der Waals surface area contributed by atoms with Crippen molar-refractivity contribution in [1.82, 2.24) is 4.98 Å². The smallest absolute Gasteiger partial charge is 0.252 e. The Morgan fingerprint density at radius 1 is 1.39 bits per heavy atom. The summed E-state index contributed by atoms with van der Waals surface area (Å²) in [5.41, 5.74) is 5.76. The lowest BCUT2D eigenvalue weighted by Gasteiger charge is -2.16. The number of carbonyl (C=O) groups is 1. The average molecular weight is 249 g/mol.